The molecule has 1 aromatic rings. The second-order valence-corrected chi connectivity index (χ2v) is 10.5. The topological polar surface area (TPSA) is 58.6 Å². The van der Waals surface area contributed by atoms with Crippen LogP contribution >= 0.6 is 11.8 Å². The molecule has 0 aromatic heterocycles. The van der Waals surface area contributed by atoms with Gasteiger partial charge in [0.2, 0.25) is 5.91 Å². The van der Waals surface area contributed by atoms with Gasteiger partial charge in [-0.3, -0.25) is 4.79 Å². The summed E-state index contributed by atoms with van der Waals surface area (Å²) in [5.74, 6) is 0.924. The van der Waals surface area contributed by atoms with E-state index in [0.29, 0.717) is 31.5 Å². The van der Waals surface area contributed by atoms with Crippen molar-refractivity contribution in [3.8, 4) is 0 Å². The van der Waals surface area contributed by atoms with Gasteiger partial charge in [-0.2, -0.15) is 0 Å². The smallest absolute Gasteiger partial charge is 0.410 e. The summed E-state index contributed by atoms with van der Waals surface area (Å²) in [7, 11) is 0. The Morgan fingerprint density at radius 3 is 2.72 bits per heavy atom. The van der Waals surface area contributed by atoms with Crippen LogP contribution in [-0.4, -0.2) is 47.4 Å². The molecule has 2 unspecified atom stereocenters. The molecule has 2 heterocycles. The van der Waals surface area contributed by atoms with E-state index in [2.05, 4.69) is 35.7 Å². The standard InChI is InChI=1S/C23H30N2O3S/c1-23(2,3)28-22(27)25-11-9-15(10-12-25)14-24-21(26)19-13-17-8-7-16-5-4-6-18(29-19)20(16)17/h4-8,15,17,19H,9-14H2,1-3H3,(H,24,26). The number of piperidine rings is 1. The van der Waals surface area contributed by atoms with Crippen molar-refractivity contribution < 1.29 is 14.3 Å². The van der Waals surface area contributed by atoms with Crippen LogP contribution in [0.15, 0.2) is 29.2 Å². The van der Waals surface area contributed by atoms with Crippen LogP contribution in [0.5, 0.6) is 0 Å². The van der Waals surface area contributed by atoms with Crippen molar-refractivity contribution in [1.29, 1.82) is 0 Å². The van der Waals surface area contributed by atoms with Gasteiger partial charge in [-0.05, 0) is 63.1 Å². The second kappa shape index (κ2) is 8.05. The second-order valence-electron chi connectivity index (χ2n) is 9.22. The van der Waals surface area contributed by atoms with Crippen LogP contribution in [0, 0.1) is 5.92 Å². The molecule has 0 radical (unpaired) electrons. The number of carbonyl (C=O) groups is 2. The summed E-state index contributed by atoms with van der Waals surface area (Å²) >= 11 is 1.70. The average Bonchev–Trinajstić information content (AvgIpc) is 3.10. The molecule has 1 N–H and O–H groups in total. The lowest BCUT2D eigenvalue weighted by Crippen LogP contribution is -2.44. The normalized spacial score (nSPS) is 23.6. The van der Waals surface area contributed by atoms with Gasteiger partial charge >= 0.3 is 6.09 Å². The number of likely N-dealkylation sites (tertiary alicyclic amines) is 1. The lowest BCUT2D eigenvalue weighted by Gasteiger charge is -2.34. The molecule has 6 heteroatoms. The van der Waals surface area contributed by atoms with Crippen molar-refractivity contribution in [2.45, 2.75) is 61.7 Å². The van der Waals surface area contributed by atoms with Crippen LogP contribution in [-0.2, 0) is 9.53 Å². The Hall–Kier alpha value is -1.95. The molecule has 0 spiro atoms. The summed E-state index contributed by atoms with van der Waals surface area (Å²) in [5.41, 5.74) is 2.24. The van der Waals surface area contributed by atoms with E-state index in [1.807, 2.05) is 20.8 Å². The summed E-state index contributed by atoms with van der Waals surface area (Å²) in [4.78, 5) is 28.0. The first-order chi connectivity index (χ1) is 13.8. The maximum atomic E-state index is 12.8. The molecule has 3 aliphatic rings. The summed E-state index contributed by atoms with van der Waals surface area (Å²) in [5, 5.41) is 3.14. The quantitative estimate of drug-likeness (QED) is 0.795. The Bertz CT molecular complexity index is 822. The van der Waals surface area contributed by atoms with Gasteiger partial charge in [-0.15, -0.1) is 11.8 Å². The number of hydrogen-bond donors (Lipinski definition) is 1. The van der Waals surface area contributed by atoms with Gasteiger partial charge < -0.3 is 15.0 Å². The number of benzene rings is 1. The lowest BCUT2D eigenvalue weighted by molar-refractivity contribution is -0.121. The summed E-state index contributed by atoms with van der Waals surface area (Å²) < 4.78 is 5.45. The Morgan fingerprint density at radius 2 is 2.00 bits per heavy atom. The molecule has 1 saturated heterocycles. The number of ether oxygens (including phenoxy) is 1. The van der Waals surface area contributed by atoms with Crippen molar-refractivity contribution in [3.63, 3.8) is 0 Å². The summed E-state index contributed by atoms with van der Waals surface area (Å²) in [6.07, 6.45) is 6.85. The minimum Gasteiger partial charge on any atom is -0.444 e. The Labute approximate surface area is 177 Å². The third-order valence-electron chi connectivity index (χ3n) is 5.84. The third kappa shape index (κ3) is 4.63. The maximum Gasteiger partial charge on any atom is 0.410 e. The molecule has 4 rings (SSSR count). The Morgan fingerprint density at radius 1 is 1.24 bits per heavy atom. The Kier molecular flexibility index (Phi) is 5.65. The minimum atomic E-state index is -0.465. The van der Waals surface area contributed by atoms with Gasteiger partial charge in [0.25, 0.3) is 0 Å². The number of allylic oxidation sites excluding steroid dienone is 1. The zero-order valence-electron chi connectivity index (χ0n) is 17.4. The molecule has 29 heavy (non-hydrogen) atoms. The van der Waals surface area contributed by atoms with Crippen LogP contribution < -0.4 is 5.32 Å². The van der Waals surface area contributed by atoms with E-state index in [1.54, 1.807) is 16.7 Å². The van der Waals surface area contributed by atoms with E-state index in [0.717, 1.165) is 19.3 Å². The Balaban J connectivity index is 1.24. The first kappa shape index (κ1) is 20.3. The minimum absolute atomic E-state index is 0.0349. The van der Waals surface area contributed by atoms with Crippen molar-refractivity contribution in [1.82, 2.24) is 10.2 Å². The highest BCUT2D eigenvalue weighted by molar-refractivity contribution is 8.00. The third-order valence-corrected chi connectivity index (χ3v) is 7.14. The van der Waals surface area contributed by atoms with E-state index in [-0.39, 0.29) is 17.3 Å². The molecule has 1 aromatic carbocycles. The number of carbonyl (C=O) groups excluding carboxylic acids is 2. The molecular formula is C23H30N2O3S. The van der Waals surface area contributed by atoms with Crippen LogP contribution in [0.3, 0.4) is 0 Å². The fourth-order valence-corrected chi connectivity index (χ4v) is 5.67. The molecule has 0 bridgehead atoms. The molecule has 2 atom stereocenters. The van der Waals surface area contributed by atoms with Crippen molar-refractivity contribution >= 4 is 29.8 Å². The molecule has 1 fully saturated rings. The summed E-state index contributed by atoms with van der Waals surface area (Å²) in [6, 6.07) is 6.36. The first-order valence-electron chi connectivity index (χ1n) is 10.5. The molecule has 156 valence electrons. The van der Waals surface area contributed by atoms with E-state index in [9.17, 15) is 9.59 Å². The SMILES string of the molecule is CC(C)(C)OC(=O)N1CCC(CNC(=O)C2CC3C=Cc4cccc(c43)S2)CC1. The maximum absolute atomic E-state index is 12.8. The predicted octanol–water partition coefficient (Wildman–Crippen LogP) is 4.42. The zero-order chi connectivity index (χ0) is 20.6. The lowest BCUT2D eigenvalue weighted by atomic mass is 9.94. The number of thioether (sulfide) groups is 1. The van der Waals surface area contributed by atoms with Gasteiger partial charge in [-0.25, -0.2) is 4.79 Å². The zero-order valence-corrected chi connectivity index (χ0v) is 18.3. The molecule has 2 aliphatic heterocycles. The molecular weight excluding hydrogens is 384 g/mol. The van der Waals surface area contributed by atoms with E-state index < -0.39 is 5.60 Å². The number of rotatable bonds is 3. The largest absolute Gasteiger partial charge is 0.444 e. The van der Waals surface area contributed by atoms with Crippen LogP contribution in [0.2, 0.25) is 0 Å². The monoisotopic (exact) mass is 414 g/mol. The van der Waals surface area contributed by atoms with E-state index in [1.165, 1.54) is 16.0 Å². The van der Waals surface area contributed by atoms with Gasteiger partial charge in [0.1, 0.15) is 5.60 Å². The fourth-order valence-electron chi connectivity index (χ4n) is 4.32. The predicted molar refractivity (Wildman–Crippen MR) is 116 cm³/mol. The van der Waals surface area contributed by atoms with Gasteiger partial charge in [0.15, 0.2) is 0 Å². The first-order valence-corrected chi connectivity index (χ1v) is 11.4. The van der Waals surface area contributed by atoms with Gasteiger partial charge in [-0.1, -0.05) is 24.3 Å². The molecule has 0 saturated carbocycles. The van der Waals surface area contributed by atoms with Crippen molar-refractivity contribution in [2.24, 2.45) is 5.92 Å². The number of hydrogen-bond acceptors (Lipinski definition) is 4. The van der Waals surface area contributed by atoms with Crippen LogP contribution in [0.25, 0.3) is 6.08 Å². The highest BCUT2D eigenvalue weighted by Gasteiger charge is 2.34. The highest BCUT2D eigenvalue weighted by atomic mass is 32.2. The molecule has 1 aliphatic carbocycles. The highest BCUT2D eigenvalue weighted by Crippen LogP contribution is 2.47. The van der Waals surface area contributed by atoms with Crippen molar-refractivity contribution in [2.75, 3.05) is 19.6 Å². The van der Waals surface area contributed by atoms with Gasteiger partial charge in [0, 0.05) is 30.4 Å². The average molecular weight is 415 g/mol. The van der Waals surface area contributed by atoms with Crippen molar-refractivity contribution in [3.05, 3.63) is 35.4 Å². The molecule has 5 nitrogen and oxygen atoms in total. The number of amides is 2. The fraction of sp³-hybridized carbons (Fsp3) is 0.565. The number of nitrogens with zero attached hydrogens (tertiary/aromatic N) is 1. The van der Waals surface area contributed by atoms with E-state index in [4.69, 9.17) is 4.74 Å². The van der Waals surface area contributed by atoms with Crippen LogP contribution in [0.1, 0.15) is 57.1 Å². The van der Waals surface area contributed by atoms with Crippen LogP contribution in [0.4, 0.5) is 4.79 Å². The van der Waals surface area contributed by atoms with E-state index >= 15 is 0 Å². The molecule has 2 amide bonds. The van der Waals surface area contributed by atoms with Gasteiger partial charge in [0.05, 0.1) is 5.25 Å². The number of nitrogens with one attached hydrogen (secondary N) is 1. The summed E-state index contributed by atoms with van der Waals surface area (Å²) in [6.45, 7) is 7.73.